The molecule has 32 heavy (non-hydrogen) atoms. The highest BCUT2D eigenvalue weighted by Gasteiger charge is 2.13. The minimum atomic E-state index is -3.41. The van der Waals surface area contributed by atoms with Gasteiger partial charge in [-0.3, -0.25) is 9.78 Å². The zero-order valence-electron chi connectivity index (χ0n) is 17.3. The van der Waals surface area contributed by atoms with Crippen molar-refractivity contribution in [3.63, 3.8) is 0 Å². The molecule has 0 bridgehead atoms. The molecular weight excluding hydrogens is 431 g/mol. The van der Waals surface area contributed by atoms with Crippen LogP contribution in [-0.4, -0.2) is 35.5 Å². The summed E-state index contributed by atoms with van der Waals surface area (Å²) in [6, 6.07) is 14.4. The first-order valence-electron chi connectivity index (χ1n) is 9.68. The molecule has 0 atom stereocenters. The van der Waals surface area contributed by atoms with Gasteiger partial charge in [-0.2, -0.15) is 4.39 Å². The van der Waals surface area contributed by atoms with Gasteiger partial charge in [-0.25, -0.2) is 18.4 Å². The van der Waals surface area contributed by atoms with Gasteiger partial charge in [-0.1, -0.05) is 12.1 Å². The van der Waals surface area contributed by atoms with E-state index in [0.717, 1.165) is 11.6 Å². The summed E-state index contributed by atoms with van der Waals surface area (Å²) >= 11 is 0. The van der Waals surface area contributed by atoms with Gasteiger partial charge < -0.3 is 5.32 Å². The number of aromatic nitrogens is 3. The van der Waals surface area contributed by atoms with E-state index in [4.69, 9.17) is 0 Å². The lowest BCUT2D eigenvalue weighted by atomic mass is 10.1. The highest BCUT2D eigenvalue weighted by atomic mass is 32.2. The molecule has 1 N–H and O–H groups in total. The first-order chi connectivity index (χ1) is 15.2. The number of anilines is 1. The third-order valence-corrected chi connectivity index (χ3v) is 6.06. The highest BCUT2D eigenvalue weighted by Crippen LogP contribution is 2.22. The van der Waals surface area contributed by atoms with Crippen LogP contribution < -0.4 is 5.32 Å². The van der Waals surface area contributed by atoms with Gasteiger partial charge in [-0.15, -0.1) is 0 Å². The predicted molar refractivity (Wildman–Crippen MR) is 119 cm³/mol. The molecule has 0 radical (unpaired) electrons. The second-order valence-corrected chi connectivity index (χ2v) is 9.37. The van der Waals surface area contributed by atoms with E-state index in [9.17, 15) is 17.6 Å². The molecule has 4 rings (SSSR count). The zero-order valence-corrected chi connectivity index (χ0v) is 18.1. The number of aryl methyl sites for hydroxylation is 1. The zero-order chi connectivity index (χ0) is 22.9. The SMILES string of the molecule is Cc1ccc(NC(=O)Cc2cc3nc(-c4cccc(F)n4)ccc3cn2)cc1S(C)(=O)=O. The number of fused-ring (bicyclic) bond motifs is 1. The summed E-state index contributed by atoms with van der Waals surface area (Å²) in [7, 11) is -3.41. The number of sulfone groups is 1. The Hall–Kier alpha value is -3.72. The van der Waals surface area contributed by atoms with Gasteiger partial charge in [-0.05, 0) is 55.0 Å². The predicted octanol–water partition coefficient (Wildman–Crippen LogP) is 3.72. The number of amides is 1. The fraction of sp³-hybridized carbons (Fsp3) is 0.130. The Morgan fingerprint density at radius 1 is 1.03 bits per heavy atom. The van der Waals surface area contributed by atoms with Gasteiger partial charge in [0.25, 0.3) is 0 Å². The van der Waals surface area contributed by atoms with E-state index in [2.05, 4.69) is 20.3 Å². The Labute approximate surface area is 184 Å². The molecule has 0 saturated heterocycles. The van der Waals surface area contributed by atoms with E-state index in [1.807, 2.05) is 0 Å². The number of benzene rings is 1. The van der Waals surface area contributed by atoms with Crippen molar-refractivity contribution in [3.05, 3.63) is 78.0 Å². The van der Waals surface area contributed by atoms with Crippen molar-refractivity contribution in [1.29, 1.82) is 0 Å². The Morgan fingerprint density at radius 3 is 2.56 bits per heavy atom. The van der Waals surface area contributed by atoms with Gasteiger partial charge >= 0.3 is 0 Å². The second-order valence-electron chi connectivity index (χ2n) is 7.39. The Bertz CT molecular complexity index is 1460. The fourth-order valence-corrected chi connectivity index (χ4v) is 4.29. The van der Waals surface area contributed by atoms with Crippen LogP contribution in [0.1, 0.15) is 11.3 Å². The lowest BCUT2D eigenvalue weighted by Crippen LogP contribution is -2.15. The largest absolute Gasteiger partial charge is 0.326 e. The molecular formula is C23H19FN4O3S. The molecule has 162 valence electrons. The van der Waals surface area contributed by atoms with Crippen LogP contribution in [0.3, 0.4) is 0 Å². The van der Waals surface area contributed by atoms with Crippen molar-refractivity contribution in [1.82, 2.24) is 15.0 Å². The fourth-order valence-electron chi connectivity index (χ4n) is 3.30. The van der Waals surface area contributed by atoms with Gasteiger partial charge in [0.1, 0.15) is 0 Å². The summed E-state index contributed by atoms with van der Waals surface area (Å²) in [5.74, 6) is -0.935. The average Bonchev–Trinajstić information content (AvgIpc) is 2.74. The number of nitrogens with one attached hydrogen (secondary N) is 1. The van der Waals surface area contributed by atoms with E-state index >= 15 is 0 Å². The molecule has 1 aromatic carbocycles. The maximum Gasteiger partial charge on any atom is 0.230 e. The van der Waals surface area contributed by atoms with Crippen LogP contribution in [0.5, 0.6) is 0 Å². The van der Waals surface area contributed by atoms with Crippen LogP contribution in [0.2, 0.25) is 0 Å². The molecule has 0 aliphatic heterocycles. The number of nitrogens with zero attached hydrogens (tertiary/aromatic N) is 3. The van der Waals surface area contributed by atoms with E-state index in [1.54, 1.807) is 55.6 Å². The summed E-state index contributed by atoms with van der Waals surface area (Å²) in [6.07, 6.45) is 2.71. The molecule has 0 aliphatic carbocycles. The number of hydrogen-bond acceptors (Lipinski definition) is 6. The van der Waals surface area contributed by atoms with Crippen molar-refractivity contribution in [2.45, 2.75) is 18.2 Å². The quantitative estimate of drug-likeness (QED) is 0.465. The molecule has 0 unspecified atom stereocenters. The molecule has 9 heteroatoms. The van der Waals surface area contributed by atoms with E-state index in [-0.39, 0.29) is 17.2 Å². The lowest BCUT2D eigenvalue weighted by Gasteiger charge is -2.09. The van der Waals surface area contributed by atoms with E-state index in [0.29, 0.717) is 33.8 Å². The molecule has 1 amide bonds. The third-order valence-electron chi connectivity index (χ3n) is 4.82. The maximum absolute atomic E-state index is 13.4. The first-order valence-corrected chi connectivity index (χ1v) is 11.6. The molecule has 0 aliphatic rings. The second kappa shape index (κ2) is 8.43. The molecule has 0 spiro atoms. The third kappa shape index (κ3) is 4.78. The number of halogens is 1. The van der Waals surface area contributed by atoms with Crippen molar-refractivity contribution in [2.24, 2.45) is 0 Å². The van der Waals surface area contributed by atoms with Crippen LogP contribution >= 0.6 is 0 Å². The number of hydrogen-bond donors (Lipinski definition) is 1. The molecule has 0 saturated carbocycles. The van der Waals surface area contributed by atoms with Crippen LogP contribution in [0.15, 0.2) is 65.7 Å². The van der Waals surface area contributed by atoms with E-state index in [1.165, 1.54) is 12.1 Å². The first kappa shape index (κ1) is 21.5. The molecule has 3 aromatic heterocycles. The normalized spacial score (nSPS) is 11.5. The van der Waals surface area contributed by atoms with Gasteiger partial charge in [0, 0.05) is 23.5 Å². The van der Waals surface area contributed by atoms with Crippen LogP contribution in [0.25, 0.3) is 22.3 Å². The summed E-state index contributed by atoms with van der Waals surface area (Å²) < 4.78 is 37.2. The molecule has 3 heterocycles. The Kier molecular flexibility index (Phi) is 5.67. The standard InChI is InChI=1S/C23H19FN4O3S/c1-14-6-8-16(11-21(14)32(2,30)31)26-23(29)12-17-10-20-15(13-25-17)7-9-19(27-20)18-4-3-5-22(24)28-18/h3-11,13H,12H2,1-2H3,(H,26,29). The van der Waals surface area contributed by atoms with Crippen LogP contribution in [0, 0.1) is 12.9 Å². The van der Waals surface area contributed by atoms with Crippen LogP contribution in [-0.2, 0) is 21.1 Å². The molecule has 4 aromatic rings. The maximum atomic E-state index is 13.4. The van der Waals surface area contributed by atoms with Crippen LogP contribution in [0.4, 0.5) is 10.1 Å². The number of carbonyl (C=O) groups is 1. The summed E-state index contributed by atoms with van der Waals surface area (Å²) in [4.78, 5) is 25.4. The monoisotopic (exact) mass is 450 g/mol. The summed E-state index contributed by atoms with van der Waals surface area (Å²) in [5.41, 5.74) is 3.00. The summed E-state index contributed by atoms with van der Waals surface area (Å²) in [5, 5.41) is 3.48. The lowest BCUT2D eigenvalue weighted by molar-refractivity contribution is -0.115. The van der Waals surface area contributed by atoms with Gasteiger partial charge in [0.2, 0.25) is 11.9 Å². The smallest absolute Gasteiger partial charge is 0.230 e. The van der Waals surface area contributed by atoms with Crippen molar-refractivity contribution >= 4 is 32.3 Å². The number of pyridine rings is 3. The van der Waals surface area contributed by atoms with Gasteiger partial charge in [0.05, 0.1) is 33.9 Å². The summed E-state index contributed by atoms with van der Waals surface area (Å²) in [6.45, 7) is 1.70. The van der Waals surface area contributed by atoms with Crippen molar-refractivity contribution in [2.75, 3.05) is 11.6 Å². The number of carbonyl (C=O) groups excluding carboxylic acids is 1. The minimum absolute atomic E-state index is 0.0256. The Balaban J connectivity index is 1.56. The highest BCUT2D eigenvalue weighted by molar-refractivity contribution is 7.90. The van der Waals surface area contributed by atoms with E-state index < -0.39 is 15.8 Å². The van der Waals surface area contributed by atoms with Gasteiger partial charge in [0.15, 0.2) is 9.84 Å². The topological polar surface area (TPSA) is 102 Å². The Morgan fingerprint density at radius 2 is 1.81 bits per heavy atom. The minimum Gasteiger partial charge on any atom is -0.326 e. The molecule has 7 nitrogen and oxygen atoms in total. The number of rotatable bonds is 5. The van der Waals surface area contributed by atoms with Crippen molar-refractivity contribution in [3.8, 4) is 11.4 Å². The van der Waals surface area contributed by atoms with Crippen molar-refractivity contribution < 1.29 is 17.6 Å². The molecule has 0 fully saturated rings. The average molecular weight is 450 g/mol.